The Hall–Kier alpha value is -0.120. The highest BCUT2D eigenvalue weighted by molar-refractivity contribution is 5.00. The molecule has 2 heterocycles. The van der Waals surface area contributed by atoms with Gasteiger partial charge in [0.15, 0.2) is 0 Å². The van der Waals surface area contributed by atoms with Gasteiger partial charge in [0.2, 0.25) is 0 Å². The van der Waals surface area contributed by atoms with Gasteiger partial charge in [0.25, 0.3) is 0 Å². The van der Waals surface area contributed by atoms with Crippen LogP contribution in [-0.4, -0.2) is 36.4 Å². The van der Waals surface area contributed by atoms with Crippen molar-refractivity contribution in [3.05, 3.63) is 0 Å². The predicted molar refractivity (Wildman–Crippen MR) is 48.1 cm³/mol. The van der Waals surface area contributed by atoms with Gasteiger partial charge in [-0.3, -0.25) is 0 Å². The van der Waals surface area contributed by atoms with E-state index in [0.717, 1.165) is 45.3 Å². The van der Waals surface area contributed by atoms with Gasteiger partial charge < -0.3 is 15.7 Å². The van der Waals surface area contributed by atoms with Crippen molar-refractivity contribution in [2.24, 2.45) is 0 Å². The molecule has 2 fully saturated rings. The SMILES string of the molecule is OC1CCCNC12CCNCC2. The van der Waals surface area contributed by atoms with Gasteiger partial charge in [0.05, 0.1) is 6.10 Å². The predicted octanol–water partition coefficient (Wildman–Crippen LogP) is -0.147. The first kappa shape index (κ1) is 8.48. The molecular weight excluding hydrogens is 152 g/mol. The molecule has 0 aromatic carbocycles. The first-order chi connectivity index (χ1) is 5.83. The lowest BCUT2D eigenvalue weighted by molar-refractivity contribution is 0.0116. The zero-order valence-electron chi connectivity index (χ0n) is 7.47. The molecular formula is C9H18N2O. The quantitative estimate of drug-likeness (QED) is 0.474. The molecule has 1 unspecified atom stereocenters. The topological polar surface area (TPSA) is 44.3 Å². The fourth-order valence-electron chi connectivity index (χ4n) is 2.41. The van der Waals surface area contributed by atoms with Crippen molar-refractivity contribution in [1.29, 1.82) is 0 Å². The van der Waals surface area contributed by atoms with Gasteiger partial charge in [-0.15, -0.1) is 0 Å². The van der Waals surface area contributed by atoms with Gasteiger partial charge in [-0.25, -0.2) is 0 Å². The second-order valence-electron chi connectivity index (χ2n) is 3.99. The highest BCUT2D eigenvalue weighted by atomic mass is 16.3. The molecule has 0 saturated carbocycles. The maximum absolute atomic E-state index is 9.89. The second kappa shape index (κ2) is 3.32. The molecule has 0 aliphatic carbocycles. The van der Waals surface area contributed by atoms with Crippen LogP contribution in [-0.2, 0) is 0 Å². The molecule has 3 heteroatoms. The zero-order chi connectivity index (χ0) is 8.44. The van der Waals surface area contributed by atoms with Crippen molar-refractivity contribution in [3.63, 3.8) is 0 Å². The van der Waals surface area contributed by atoms with E-state index in [1.807, 2.05) is 0 Å². The van der Waals surface area contributed by atoms with Crippen LogP contribution >= 0.6 is 0 Å². The number of piperidine rings is 2. The Morgan fingerprint density at radius 3 is 2.58 bits per heavy atom. The van der Waals surface area contributed by atoms with Crippen LogP contribution in [0, 0.1) is 0 Å². The standard InChI is InChI=1S/C9H18N2O/c12-8-2-1-5-11-9(8)3-6-10-7-4-9/h8,10-12H,1-7H2. The minimum atomic E-state index is -0.117. The van der Waals surface area contributed by atoms with Crippen molar-refractivity contribution in [1.82, 2.24) is 10.6 Å². The molecule has 0 aromatic heterocycles. The van der Waals surface area contributed by atoms with E-state index in [9.17, 15) is 5.11 Å². The third-order valence-electron chi connectivity index (χ3n) is 3.27. The molecule has 0 aromatic rings. The first-order valence-corrected chi connectivity index (χ1v) is 4.97. The molecule has 2 aliphatic heterocycles. The van der Waals surface area contributed by atoms with Gasteiger partial charge >= 0.3 is 0 Å². The second-order valence-corrected chi connectivity index (χ2v) is 3.99. The highest BCUT2D eigenvalue weighted by Gasteiger charge is 2.40. The van der Waals surface area contributed by atoms with Crippen LogP contribution in [0.3, 0.4) is 0 Å². The summed E-state index contributed by atoms with van der Waals surface area (Å²) < 4.78 is 0. The number of aliphatic hydroxyl groups excluding tert-OH is 1. The molecule has 1 spiro atoms. The van der Waals surface area contributed by atoms with Crippen molar-refractivity contribution in [2.45, 2.75) is 37.3 Å². The van der Waals surface area contributed by atoms with Crippen LogP contribution in [0.1, 0.15) is 25.7 Å². The van der Waals surface area contributed by atoms with E-state index in [4.69, 9.17) is 0 Å². The first-order valence-electron chi connectivity index (χ1n) is 4.97. The molecule has 2 aliphatic rings. The molecule has 0 radical (unpaired) electrons. The molecule has 3 nitrogen and oxygen atoms in total. The lowest BCUT2D eigenvalue weighted by Gasteiger charge is -2.45. The fraction of sp³-hybridized carbons (Fsp3) is 1.00. The van der Waals surface area contributed by atoms with E-state index in [1.165, 1.54) is 0 Å². The molecule has 70 valence electrons. The average molecular weight is 170 g/mol. The van der Waals surface area contributed by atoms with Crippen molar-refractivity contribution >= 4 is 0 Å². The molecule has 2 rings (SSSR count). The summed E-state index contributed by atoms with van der Waals surface area (Å²) in [5, 5.41) is 16.7. The van der Waals surface area contributed by atoms with Crippen LogP contribution in [0.4, 0.5) is 0 Å². The number of rotatable bonds is 0. The van der Waals surface area contributed by atoms with E-state index in [2.05, 4.69) is 10.6 Å². The smallest absolute Gasteiger partial charge is 0.0723 e. The van der Waals surface area contributed by atoms with Crippen molar-refractivity contribution in [3.8, 4) is 0 Å². The van der Waals surface area contributed by atoms with Gasteiger partial charge in [-0.2, -0.15) is 0 Å². The minimum Gasteiger partial charge on any atom is -0.391 e. The van der Waals surface area contributed by atoms with E-state index in [0.29, 0.717) is 0 Å². The van der Waals surface area contributed by atoms with E-state index in [-0.39, 0.29) is 11.6 Å². The van der Waals surface area contributed by atoms with Gasteiger partial charge in [-0.1, -0.05) is 0 Å². The zero-order valence-corrected chi connectivity index (χ0v) is 7.47. The summed E-state index contributed by atoms with van der Waals surface area (Å²) in [6.07, 6.45) is 4.14. The Bertz CT molecular complexity index is 146. The molecule has 0 bridgehead atoms. The third kappa shape index (κ3) is 1.37. The van der Waals surface area contributed by atoms with E-state index in [1.54, 1.807) is 0 Å². The maximum Gasteiger partial charge on any atom is 0.0723 e. The fourth-order valence-corrected chi connectivity index (χ4v) is 2.41. The van der Waals surface area contributed by atoms with Crippen LogP contribution in [0.5, 0.6) is 0 Å². The number of hydrogen-bond donors (Lipinski definition) is 3. The van der Waals surface area contributed by atoms with Crippen LogP contribution < -0.4 is 10.6 Å². The van der Waals surface area contributed by atoms with Gasteiger partial charge in [0.1, 0.15) is 0 Å². The Morgan fingerprint density at radius 1 is 1.17 bits per heavy atom. The van der Waals surface area contributed by atoms with Crippen LogP contribution in [0.15, 0.2) is 0 Å². The number of nitrogens with one attached hydrogen (secondary N) is 2. The summed E-state index contributed by atoms with van der Waals surface area (Å²) >= 11 is 0. The Morgan fingerprint density at radius 2 is 1.92 bits per heavy atom. The third-order valence-corrected chi connectivity index (χ3v) is 3.27. The lowest BCUT2D eigenvalue weighted by atomic mass is 9.79. The molecule has 0 amide bonds. The molecule has 12 heavy (non-hydrogen) atoms. The van der Waals surface area contributed by atoms with Crippen molar-refractivity contribution < 1.29 is 5.11 Å². The monoisotopic (exact) mass is 170 g/mol. The molecule has 3 N–H and O–H groups in total. The van der Waals surface area contributed by atoms with Gasteiger partial charge in [-0.05, 0) is 45.3 Å². The lowest BCUT2D eigenvalue weighted by Crippen LogP contribution is -2.62. The summed E-state index contributed by atoms with van der Waals surface area (Å²) in [6.45, 7) is 3.17. The Kier molecular flexibility index (Phi) is 2.35. The summed E-state index contributed by atoms with van der Waals surface area (Å²) in [6, 6.07) is 0. The summed E-state index contributed by atoms with van der Waals surface area (Å²) in [5.41, 5.74) is 0.0590. The number of aliphatic hydroxyl groups is 1. The largest absolute Gasteiger partial charge is 0.391 e. The van der Waals surface area contributed by atoms with Gasteiger partial charge in [0, 0.05) is 5.54 Å². The Balaban J connectivity index is 2.04. The molecule has 1 atom stereocenters. The minimum absolute atomic E-state index is 0.0590. The van der Waals surface area contributed by atoms with E-state index < -0.39 is 0 Å². The van der Waals surface area contributed by atoms with Crippen molar-refractivity contribution in [2.75, 3.05) is 19.6 Å². The van der Waals surface area contributed by atoms with Crippen LogP contribution in [0.2, 0.25) is 0 Å². The normalized spacial score (nSPS) is 35.2. The summed E-state index contributed by atoms with van der Waals surface area (Å²) in [4.78, 5) is 0. The van der Waals surface area contributed by atoms with E-state index >= 15 is 0 Å². The van der Waals surface area contributed by atoms with Crippen LogP contribution in [0.25, 0.3) is 0 Å². The molecule has 2 saturated heterocycles. The highest BCUT2D eigenvalue weighted by Crippen LogP contribution is 2.28. The average Bonchev–Trinajstić information content (AvgIpc) is 2.12. The summed E-state index contributed by atoms with van der Waals surface area (Å²) in [7, 11) is 0. The maximum atomic E-state index is 9.89. The Labute approximate surface area is 73.5 Å². The summed E-state index contributed by atoms with van der Waals surface area (Å²) in [5.74, 6) is 0. The number of hydrogen-bond acceptors (Lipinski definition) is 3.